The average Bonchev–Trinajstić information content (AvgIpc) is 3.21. The van der Waals surface area contributed by atoms with Crippen LogP contribution in [-0.4, -0.2) is 49.8 Å². The maximum Gasteiger partial charge on any atom is 0.253 e. The smallest absolute Gasteiger partial charge is 0.253 e. The Morgan fingerprint density at radius 2 is 2.17 bits per heavy atom. The second-order valence-corrected chi connectivity index (χ2v) is 9.27. The molecule has 1 aromatic heterocycles. The number of rotatable bonds is 4. The van der Waals surface area contributed by atoms with Crippen LogP contribution in [0.25, 0.3) is 0 Å². The minimum Gasteiger partial charge on any atom is -0.350 e. The van der Waals surface area contributed by atoms with Gasteiger partial charge in [-0.2, -0.15) is 4.31 Å². The number of nitrogens with zero attached hydrogens (tertiary/aromatic N) is 1. The SMILES string of the molecule is CC1NCCCC1NC(=O)C1CCCN1S(=O)(=O)c1cccs1.Cl. The highest BCUT2D eigenvalue weighted by Crippen LogP contribution is 2.28. The largest absolute Gasteiger partial charge is 0.350 e. The summed E-state index contributed by atoms with van der Waals surface area (Å²) >= 11 is 1.20. The lowest BCUT2D eigenvalue weighted by molar-refractivity contribution is -0.125. The number of halogens is 1. The van der Waals surface area contributed by atoms with Crippen LogP contribution in [-0.2, 0) is 14.8 Å². The van der Waals surface area contributed by atoms with E-state index in [4.69, 9.17) is 0 Å². The van der Waals surface area contributed by atoms with Gasteiger partial charge in [0.1, 0.15) is 10.3 Å². The molecule has 9 heteroatoms. The molecule has 1 aromatic rings. The molecule has 0 radical (unpaired) electrons. The summed E-state index contributed by atoms with van der Waals surface area (Å²) in [6.45, 7) is 3.44. The van der Waals surface area contributed by atoms with Crippen LogP contribution in [0.15, 0.2) is 21.7 Å². The summed E-state index contributed by atoms with van der Waals surface area (Å²) < 4.78 is 27.1. The summed E-state index contributed by atoms with van der Waals surface area (Å²) in [5, 5.41) is 8.14. The third-order valence-electron chi connectivity index (χ3n) is 4.65. The first kappa shape index (κ1) is 19.7. The maximum absolute atomic E-state index is 12.7. The van der Waals surface area contributed by atoms with E-state index in [2.05, 4.69) is 17.6 Å². The predicted octanol–water partition coefficient (Wildman–Crippen LogP) is 1.58. The third kappa shape index (κ3) is 3.94. The van der Waals surface area contributed by atoms with Gasteiger partial charge in [-0.3, -0.25) is 4.79 Å². The molecule has 2 aliphatic heterocycles. The van der Waals surface area contributed by atoms with Gasteiger partial charge in [-0.25, -0.2) is 8.42 Å². The van der Waals surface area contributed by atoms with Crippen molar-refractivity contribution in [3.8, 4) is 0 Å². The van der Waals surface area contributed by atoms with Crippen molar-refractivity contribution in [2.45, 2.75) is 54.9 Å². The molecule has 2 aliphatic rings. The maximum atomic E-state index is 12.7. The lowest BCUT2D eigenvalue weighted by Gasteiger charge is -2.32. The van der Waals surface area contributed by atoms with E-state index in [0.29, 0.717) is 17.2 Å². The minimum atomic E-state index is -3.57. The molecule has 0 saturated carbocycles. The summed E-state index contributed by atoms with van der Waals surface area (Å²) in [6, 6.07) is 3.02. The third-order valence-corrected chi connectivity index (χ3v) is 7.94. The molecule has 0 aromatic carbocycles. The lowest BCUT2D eigenvalue weighted by Crippen LogP contribution is -2.56. The molecule has 2 N–H and O–H groups in total. The molecule has 0 aliphatic carbocycles. The zero-order valence-electron chi connectivity index (χ0n) is 13.6. The number of hydrogen-bond donors (Lipinski definition) is 2. The van der Waals surface area contributed by atoms with Crippen molar-refractivity contribution in [1.29, 1.82) is 0 Å². The van der Waals surface area contributed by atoms with Crippen molar-refractivity contribution in [1.82, 2.24) is 14.9 Å². The first-order valence-electron chi connectivity index (χ1n) is 8.09. The Bertz CT molecular complexity index is 651. The van der Waals surface area contributed by atoms with Crippen molar-refractivity contribution in [3.05, 3.63) is 17.5 Å². The summed E-state index contributed by atoms with van der Waals surface area (Å²) in [4.78, 5) is 12.6. The summed E-state index contributed by atoms with van der Waals surface area (Å²) in [7, 11) is -3.57. The molecule has 2 fully saturated rings. The topological polar surface area (TPSA) is 78.5 Å². The first-order chi connectivity index (χ1) is 11.0. The molecule has 1 amide bonds. The highest BCUT2D eigenvalue weighted by atomic mass is 35.5. The Kier molecular flexibility index (Phi) is 6.66. The van der Waals surface area contributed by atoms with Crippen molar-refractivity contribution >= 4 is 39.7 Å². The Labute approximate surface area is 153 Å². The van der Waals surface area contributed by atoms with Gasteiger partial charge in [0.2, 0.25) is 5.91 Å². The number of carbonyl (C=O) groups is 1. The second kappa shape index (κ2) is 8.14. The Balaban J connectivity index is 0.00000208. The number of thiophene rings is 1. The van der Waals surface area contributed by atoms with Crippen LogP contribution < -0.4 is 10.6 Å². The van der Waals surface area contributed by atoms with Crippen LogP contribution in [0.2, 0.25) is 0 Å². The van der Waals surface area contributed by atoms with Crippen molar-refractivity contribution in [3.63, 3.8) is 0 Å². The second-order valence-electron chi connectivity index (χ2n) is 6.21. The summed E-state index contributed by atoms with van der Waals surface area (Å²) in [5.74, 6) is -0.164. The Morgan fingerprint density at radius 3 is 2.83 bits per heavy atom. The van der Waals surface area contributed by atoms with Gasteiger partial charge in [-0.05, 0) is 50.6 Å². The number of amides is 1. The molecule has 3 rings (SSSR count). The molecule has 0 bridgehead atoms. The molecule has 3 atom stereocenters. The van der Waals surface area contributed by atoms with Gasteiger partial charge < -0.3 is 10.6 Å². The fourth-order valence-electron chi connectivity index (χ4n) is 3.34. The van der Waals surface area contributed by atoms with Gasteiger partial charge in [0.05, 0.1) is 0 Å². The average molecular weight is 394 g/mol. The molecule has 24 heavy (non-hydrogen) atoms. The van der Waals surface area contributed by atoms with Gasteiger partial charge in [-0.15, -0.1) is 23.7 Å². The molecule has 2 saturated heterocycles. The fourth-order valence-corrected chi connectivity index (χ4v) is 6.11. The quantitative estimate of drug-likeness (QED) is 0.814. The molecular weight excluding hydrogens is 370 g/mol. The zero-order chi connectivity index (χ0) is 16.4. The highest BCUT2D eigenvalue weighted by molar-refractivity contribution is 7.91. The Hall–Kier alpha value is -0.670. The van der Waals surface area contributed by atoms with Crippen LogP contribution in [0.3, 0.4) is 0 Å². The van der Waals surface area contributed by atoms with Crippen LogP contribution in [0.1, 0.15) is 32.6 Å². The van der Waals surface area contributed by atoms with Crippen molar-refractivity contribution in [2.24, 2.45) is 0 Å². The van der Waals surface area contributed by atoms with Crippen molar-refractivity contribution in [2.75, 3.05) is 13.1 Å². The summed E-state index contributed by atoms with van der Waals surface area (Å²) in [5.41, 5.74) is 0. The van der Waals surface area contributed by atoms with E-state index >= 15 is 0 Å². The van der Waals surface area contributed by atoms with Crippen LogP contribution in [0.4, 0.5) is 0 Å². The molecule has 136 valence electrons. The van der Waals surface area contributed by atoms with E-state index in [-0.39, 0.29) is 30.4 Å². The van der Waals surface area contributed by atoms with Crippen molar-refractivity contribution < 1.29 is 13.2 Å². The van der Waals surface area contributed by atoms with Gasteiger partial charge >= 0.3 is 0 Å². The van der Waals surface area contributed by atoms with Gasteiger partial charge in [0.25, 0.3) is 10.0 Å². The van der Waals surface area contributed by atoms with E-state index < -0.39 is 16.1 Å². The lowest BCUT2D eigenvalue weighted by atomic mass is 9.99. The minimum absolute atomic E-state index is 0. The van der Waals surface area contributed by atoms with E-state index in [0.717, 1.165) is 25.8 Å². The molecule has 3 unspecified atom stereocenters. The predicted molar refractivity (Wildman–Crippen MR) is 97.1 cm³/mol. The number of carbonyl (C=O) groups excluding carboxylic acids is 1. The standard InChI is InChI=1S/C15H23N3O3S2.ClH/c1-11-12(5-2-8-16-11)17-15(19)13-6-3-9-18(13)23(20,21)14-7-4-10-22-14;/h4,7,10-13,16H,2-3,5-6,8-9H2,1H3,(H,17,19);1H. The zero-order valence-corrected chi connectivity index (χ0v) is 16.1. The van der Waals surface area contributed by atoms with E-state index in [1.54, 1.807) is 17.5 Å². The van der Waals surface area contributed by atoms with Gasteiger partial charge in [0.15, 0.2) is 0 Å². The molecule has 0 spiro atoms. The van der Waals surface area contributed by atoms with Gasteiger partial charge in [-0.1, -0.05) is 6.07 Å². The molecular formula is C15H24ClN3O3S2. The first-order valence-corrected chi connectivity index (χ1v) is 10.4. The van der Waals surface area contributed by atoms with Crippen LogP contribution in [0.5, 0.6) is 0 Å². The van der Waals surface area contributed by atoms with E-state index in [1.165, 1.54) is 15.6 Å². The fraction of sp³-hybridized carbons (Fsp3) is 0.667. The monoisotopic (exact) mass is 393 g/mol. The van der Waals surface area contributed by atoms with Crippen LogP contribution in [0, 0.1) is 0 Å². The summed E-state index contributed by atoms with van der Waals surface area (Å²) in [6.07, 6.45) is 3.27. The van der Waals surface area contributed by atoms with E-state index in [9.17, 15) is 13.2 Å². The van der Waals surface area contributed by atoms with Gasteiger partial charge in [0, 0.05) is 18.6 Å². The Morgan fingerprint density at radius 1 is 1.38 bits per heavy atom. The number of piperidine rings is 1. The number of sulfonamides is 1. The van der Waals surface area contributed by atoms with Crippen LogP contribution >= 0.6 is 23.7 Å². The van der Waals surface area contributed by atoms with E-state index in [1.807, 2.05) is 0 Å². The number of nitrogens with one attached hydrogen (secondary N) is 2. The normalized spacial score (nSPS) is 28.3. The molecule has 3 heterocycles. The molecule has 6 nitrogen and oxygen atoms in total. The number of hydrogen-bond acceptors (Lipinski definition) is 5. The highest BCUT2D eigenvalue weighted by Gasteiger charge is 2.40.